The molecule has 0 radical (unpaired) electrons. The topological polar surface area (TPSA) is 113 Å². The number of benzene rings is 1. The van der Waals surface area contributed by atoms with Crippen LogP contribution in [-0.4, -0.2) is 52.0 Å². The molecule has 0 aliphatic rings. The molecule has 0 fully saturated rings. The van der Waals surface area contributed by atoms with Crippen molar-refractivity contribution in [2.45, 2.75) is 13.1 Å². The van der Waals surface area contributed by atoms with Crippen LogP contribution in [0.25, 0.3) is 16.9 Å². The highest BCUT2D eigenvalue weighted by Gasteiger charge is 2.34. The van der Waals surface area contributed by atoms with Crippen LogP contribution in [0.3, 0.4) is 0 Å². The summed E-state index contributed by atoms with van der Waals surface area (Å²) in [7, 11) is 4.07. The third-order valence-corrected chi connectivity index (χ3v) is 5.17. The number of nitrogens with zero attached hydrogens (tertiary/aromatic N) is 5. The van der Waals surface area contributed by atoms with Gasteiger partial charge in [-0.05, 0) is 36.8 Å². The summed E-state index contributed by atoms with van der Waals surface area (Å²) in [6.07, 6.45) is -0.763. The van der Waals surface area contributed by atoms with Gasteiger partial charge < -0.3 is 19.5 Å². The van der Waals surface area contributed by atoms with Crippen LogP contribution in [0.5, 0.6) is 11.6 Å². The molecule has 0 unspecified atom stereocenters. The van der Waals surface area contributed by atoms with E-state index in [0.717, 1.165) is 22.5 Å². The largest absolute Gasteiger partial charge is 0.497 e. The smallest absolute Gasteiger partial charge is 0.435 e. The SMILES string of the molecule is COC(=O)c1cc(-c2cnc(Nc3cc(C)cc(OC)c3)nc2-n2ccc(C(F)(F)F)n2)cnc1OC. The summed E-state index contributed by atoms with van der Waals surface area (Å²) >= 11 is 0. The molecule has 0 bridgehead atoms. The van der Waals surface area contributed by atoms with Gasteiger partial charge in [-0.1, -0.05) is 0 Å². The van der Waals surface area contributed by atoms with Crippen molar-refractivity contribution >= 4 is 17.6 Å². The van der Waals surface area contributed by atoms with Crippen molar-refractivity contribution in [3.8, 4) is 28.6 Å². The lowest BCUT2D eigenvalue weighted by atomic mass is 10.1. The molecule has 4 aromatic rings. The first-order chi connectivity index (χ1) is 17.6. The van der Waals surface area contributed by atoms with Crippen LogP contribution in [-0.2, 0) is 10.9 Å². The maximum Gasteiger partial charge on any atom is 0.435 e. The number of alkyl halides is 3. The first kappa shape index (κ1) is 25.4. The Morgan fingerprint density at radius 3 is 2.46 bits per heavy atom. The Morgan fingerprint density at radius 2 is 1.81 bits per heavy atom. The molecule has 0 aliphatic carbocycles. The van der Waals surface area contributed by atoms with Gasteiger partial charge in [-0.3, -0.25) is 0 Å². The molecular weight excluding hydrogens is 493 g/mol. The monoisotopic (exact) mass is 514 g/mol. The molecule has 1 aromatic carbocycles. The summed E-state index contributed by atoms with van der Waals surface area (Å²) in [5.74, 6) is 0.00315. The number of aryl methyl sites for hydroxylation is 1. The van der Waals surface area contributed by atoms with E-state index in [4.69, 9.17) is 14.2 Å². The summed E-state index contributed by atoms with van der Waals surface area (Å²) in [6, 6.07) is 7.63. The number of esters is 1. The zero-order valence-electron chi connectivity index (χ0n) is 20.1. The van der Waals surface area contributed by atoms with E-state index in [0.29, 0.717) is 17.0 Å². The molecule has 0 saturated carbocycles. The summed E-state index contributed by atoms with van der Waals surface area (Å²) < 4.78 is 56.0. The van der Waals surface area contributed by atoms with Crippen molar-refractivity contribution in [1.29, 1.82) is 0 Å². The zero-order chi connectivity index (χ0) is 26.7. The minimum Gasteiger partial charge on any atom is -0.497 e. The van der Waals surface area contributed by atoms with Crippen LogP contribution < -0.4 is 14.8 Å². The number of ether oxygens (including phenoxy) is 3. The van der Waals surface area contributed by atoms with E-state index in [1.165, 1.54) is 39.8 Å². The van der Waals surface area contributed by atoms with E-state index in [2.05, 4.69) is 25.4 Å². The first-order valence-corrected chi connectivity index (χ1v) is 10.7. The van der Waals surface area contributed by atoms with Gasteiger partial charge in [0.25, 0.3) is 0 Å². The Kier molecular flexibility index (Phi) is 6.96. The van der Waals surface area contributed by atoms with Crippen LogP contribution in [0.15, 0.2) is 48.9 Å². The van der Waals surface area contributed by atoms with E-state index in [1.54, 1.807) is 6.07 Å². The van der Waals surface area contributed by atoms with Crippen LogP contribution in [0.4, 0.5) is 24.8 Å². The van der Waals surface area contributed by atoms with Gasteiger partial charge in [0.2, 0.25) is 11.8 Å². The predicted molar refractivity (Wildman–Crippen MR) is 126 cm³/mol. The van der Waals surface area contributed by atoms with Gasteiger partial charge in [0, 0.05) is 41.5 Å². The number of pyridine rings is 1. The number of hydrogen-bond acceptors (Lipinski definition) is 9. The van der Waals surface area contributed by atoms with Crippen molar-refractivity contribution in [1.82, 2.24) is 24.7 Å². The van der Waals surface area contributed by atoms with Gasteiger partial charge in [0.15, 0.2) is 11.5 Å². The number of nitrogens with one attached hydrogen (secondary N) is 1. The number of rotatable bonds is 7. The van der Waals surface area contributed by atoms with Crippen molar-refractivity contribution < 1.29 is 32.2 Å². The molecule has 0 aliphatic heterocycles. The van der Waals surface area contributed by atoms with Gasteiger partial charge >= 0.3 is 12.1 Å². The lowest BCUT2D eigenvalue weighted by Crippen LogP contribution is -2.10. The second kappa shape index (κ2) is 10.1. The fraction of sp³-hybridized carbons (Fsp3) is 0.208. The van der Waals surface area contributed by atoms with Crippen LogP contribution in [0.1, 0.15) is 21.6 Å². The highest BCUT2D eigenvalue weighted by Crippen LogP contribution is 2.32. The van der Waals surface area contributed by atoms with Crippen LogP contribution in [0, 0.1) is 6.92 Å². The average molecular weight is 514 g/mol. The molecule has 4 rings (SSSR count). The Bertz CT molecular complexity index is 1450. The first-order valence-electron chi connectivity index (χ1n) is 10.7. The van der Waals surface area contributed by atoms with Gasteiger partial charge in [-0.2, -0.15) is 23.3 Å². The number of aromatic nitrogens is 5. The Labute approximate surface area is 209 Å². The van der Waals surface area contributed by atoms with Gasteiger partial charge in [-0.15, -0.1) is 0 Å². The summed E-state index contributed by atoms with van der Waals surface area (Å²) in [5.41, 5.74) is 0.997. The van der Waals surface area contributed by atoms with Crippen molar-refractivity contribution in [2.75, 3.05) is 26.6 Å². The number of carbonyl (C=O) groups excluding carboxylic acids is 1. The number of methoxy groups -OCH3 is 3. The molecule has 10 nitrogen and oxygen atoms in total. The van der Waals surface area contributed by atoms with E-state index < -0.39 is 17.8 Å². The van der Waals surface area contributed by atoms with Gasteiger partial charge in [-0.25, -0.2) is 19.4 Å². The van der Waals surface area contributed by atoms with Crippen molar-refractivity contribution in [3.05, 3.63) is 65.7 Å². The van der Waals surface area contributed by atoms with Crippen molar-refractivity contribution in [3.63, 3.8) is 0 Å². The highest BCUT2D eigenvalue weighted by atomic mass is 19.4. The summed E-state index contributed by atoms with van der Waals surface area (Å²) in [5, 5.41) is 6.68. The fourth-order valence-electron chi connectivity index (χ4n) is 3.49. The van der Waals surface area contributed by atoms with Crippen molar-refractivity contribution in [2.24, 2.45) is 0 Å². The molecule has 1 N–H and O–H groups in total. The average Bonchev–Trinajstić information content (AvgIpc) is 3.38. The molecule has 13 heteroatoms. The molecule has 3 heterocycles. The minimum atomic E-state index is -4.66. The predicted octanol–water partition coefficient (Wildman–Crippen LogP) is 4.60. The van der Waals surface area contributed by atoms with Gasteiger partial charge in [0.05, 0.1) is 21.3 Å². The zero-order valence-corrected chi connectivity index (χ0v) is 20.1. The summed E-state index contributed by atoms with van der Waals surface area (Å²) in [6.45, 7) is 1.88. The highest BCUT2D eigenvalue weighted by molar-refractivity contribution is 5.93. The van der Waals surface area contributed by atoms with E-state index in [9.17, 15) is 18.0 Å². The Morgan fingerprint density at radius 1 is 1.03 bits per heavy atom. The number of hydrogen-bond donors (Lipinski definition) is 1. The molecule has 0 saturated heterocycles. The number of anilines is 2. The Hall–Kier alpha value is -4.68. The lowest BCUT2D eigenvalue weighted by molar-refractivity contribution is -0.141. The molecule has 37 heavy (non-hydrogen) atoms. The molecule has 0 spiro atoms. The fourth-order valence-corrected chi connectivity index (χ4v) is 3.49. The standard InChI is InChI=1S/C24H21F3N6O4/c1-13-7-15(10-16(8-13)35-2)30-23-29-12-18(14-9-17(22(34)37-4)21(36-3)28-11-14)20(31-23)33-6-5-19(32-33)24(25,26)27/h5-12H,1-4H3,(H,29,30,31). The molecular formula is C24H21F3N6O4. The van der Waals surface area contributed by atoms with Gasteiger partial charge in [0.1, 0.15) is 11.3 Å². The molecule has 0 amide bonds. The Balaban J connectivity index is 1.85. The third kappa shape index (κ3) is 5.44. The second-order valence-corrected chi connectivity index (χ2v) is 7.71. The maximum absolute atomic E-state index is 13.3. The maximum atomic E-state index is 13.3. The number of carbonyl (C=O) groups is 1. The van der Waals surface area contributed by atoms with Crippen LogP contribution >= 0.6 is 0 Å². The number of halogens is 3. The molecule has 3 aromatic heterocycles. The lowest BCUT2D eigenvalue weighted by Gasteiger charge is -2.14. The quantitative estimate of drug-likeness (QED) is 0.354. The second-order valence-electron chi connectivity index (χ2n) is 7.71. The molecule has 192 valence electrons. The third-order valence-electron chi connectivity index (χ3n) is 5.17. The van der Waals surface area contributed by atoms with E-state index in [1.807, 2.05) is 19.1 Å². The van der Waals surface area contributed by atoms with E-state index in [-0.39, 0.29) is 28.8 Å². The normalized spacial score (nSPS) is 11.2. The summed E-state index contributed by atoms with van der Waals surface area (Å²) in [4.78, 5) is 25.1. The molecule has 0 atom stereocenters. The van der Waals surface area contributed by atoms with Crippen LogP contribution in [0.2, 0.25) is 0 Å². The van der Waals surface area contributed by atoms with E-state index >= 15 is 0 Å². The minimum absolute atomic E-state index is 0.00963.